The molecule has 1 atom stereocenters. The molecule has 10 rings (SSSR count). The Balaban J connectivity index is 0.831. The normalized spacial score (nSPS) is 21.5. The lowest BCUT2D eigenvalue weighted by Gasteiger charge is -2.58. The molecule has 6 aromatic rings. The number of piperidine rings is 1. The van der Waals surface area contributed by atoms with E-state index in [0.717, 1.165) is 100 Å². The van der Waals surface area contributed by atoms with Gasteiger partial charge in [0, 0.05) is 92.9 Å². The second kappa shape index (κ2) is 20.9. The molecule has 4 aliphatic rings. The molecule has 2 aliphatic heterocycles. The van der Waals surface area contributed by atoms with Crippen LogP contribution in [0.25, 0.3) is 11.0 Å². The Bertz CT molecular complexity index is 3180. The molecule has 4 fully saturated rings. The number of aromatic nitrogens is 2. The highest BCUT2D eigenvalue weighted by Crippen LogP contribution is 2.53. The number of carbonyl (C=O) groups is 1. The number of hydrogen-bond acceptors (Lipinski definition) is 12. The number of nitro groups is 1. The number of fused-ring (bicyclic) bond motifs is 1. The van der Waals surface area contributed by atoms with Crippen LogP contribution in [0.4, 0.5) is 17.1 Å². The molecule has 15 nitrogen and oxygen atoms in total. The number of hydrogen-bond donors (Lipinski definition) is 4. The van der Waals surface area contributed by atoms with Gasteiger partial charge in [-0.2, -0.15) is 0 Å². The first-order valence-corrected chi connectivity index (χ1v) is 27.5. The summed E-state index contributed by atoms with van der Waals surface area (Å²) >= 11 is 0. The van der Waals surface area contributed by atoms with E-state index in [1.54, 1.807) is 30.6 Å². The molecule has 16 heteroatoms. The summed E-state index contributed by atoms with van der Waals surface area (Å²) in [6, 6.07) is 30.5. The third kappa shape index (κ3) is 11.0. The molecular weight excluding hydrogens is 953 g/mol. The van der Waals surface area contributed by atoms with Crippen LogP contribution in [0.1, 0.15) is 117 Å². The minimum absolute atomic E-state index is 0.0310. The van der Waals surface area contributed by atoms with Crippen LogP contribution in [0.15, 0.2) is 114 Å². The quantitative estimate of drug-likeness (QED) is 0.0434. The molecule has 4 aromatic carbocycles. The van der Waals surface area contributed by atoms with E-state index in [1.807, 2.05) is 31.2 Å². The van der Waals surface area contributed by atoms with Crippen molar-refractivity contribution in [2.75, 3.05) is 49.5 Å². The van der Waals surface area contributed by atoms with Crippen molar-refractivity contribution in [1.29, 1.82) is 0 Å². The number of benzene rings is 4. The van der Waals surface area contributed by atoms with E-state index >= 15 is 0 Å². The predicted octanol–water partition coefficient (Wildman–Crippen LogP) is 10.1. The summed E-state index contributed by atoms with van der Waals surface area (Å²) in [6.45, 7) is 12.3. The molecular formula is C58H66N8O7S. The van der Waals surface area contributed by atoms with Crippen molar-refractivity contribution >= 4 is 44.0 Å². The average Bonchev–Trinajstić information content (AvgIpc) is 3.86. The number of aliphatic hydroxyl groups is 1. The zero-order valence-corrected chi connectivity index (χ0v) is 43.2. The lowest BCUT2D eigenvalue weighted by molar-refractivity contribution is -0.384. The number of H-pyrrole nitrogens is 1. The Hall–Kier alpha value is -6.77. The number of terminal acetylenes is 1. The Morgan fingerprint density at radius 1 is 0.973 bits per heavy atom. The van der Waals surface area contributed by atoms with Gasteiger partial charge in [-0.1, -0.05) is 56.2 Å². The number of piperazine rings is 1. The molecule has 1 unspecified atom stereocenters. The third-order valence-electron chi connectivity index (χ3n) is 16.3. The largest absolute Gasteiger partial charge is 0.455 e. The van der Waals surface area contributed by atoms with Crippen LogP contribution in [-0.2, 0) is 16.6 Å². The number of sulfonamides is 1. The number of rotatable bonds is 15. The molecule has 386 valence electrons. The molecule has 4 heterocycles. The number of nitrogens with zero attached hydrogens (tertiary/aromatic N) is 5. The molecule has 2 aliphatic carbocycles. The summed E-state index contributed by atoms with van der Waals surface area (Å²) in [7, 11) is -4.59. The van der Waals surface area contributed by atoms with Crippen molar-refractivity contribution in [3.05, 3.63) is 147 Å². The lowest BCUT2D eigenvalue weighted by Crippen LogP contribution is -2.60. The minimum Gasteiger partial charge on any atom is -0.455 e. The summed E-state index contributed by atoms with van der Waals surface area (Å²) in [5.74, 6) is 2.89. The van der Waals surface area contributed by atoms with Crippen LogP contribution in [0.3, 0.4) is 0 Å². The van der Waals surface area contributed by atoms with Gasteiger partial charge in [-0.05, 0) is 141 Å². The first kappa shape index (κ1) is 50.7. The highest BCUT2D eigenvalue weighted by molar-refractivity contribution is 7.90. The number of anilines is 2. The van der Waals surface area contributed by atoms with E-state index in [1.165, 1.54) is 28.8 Å². The number of carbonyl (C=O) groups excluding carboxylic acids is 1. The first-order valence-electron chi connectivity index (χ1n) is 26.0. The van der Waals surface area contributed by atoms with Gasteiger partial charge >= 0.3 is 0 Å². The van der Waals surface area contributed by atoms with E-state index in [-0.39, 0.29) is 34.4 Å². The van der Waals surface area contributed by atoms with E-state index in [4.69, 9.17) is 11.2 Å². The molecule has 2 saturated heterocycles. The number of ether oxygens (including phenoxy) is 1. The molecule has 74 heavy (non-hydrogen) atoms. The highest BCUT2D eigenvalue weighted by Gasteiger charge is 2.50. The molecule has 1 amide bonds. The van der Waals surface area contributed by atoms with Crippen LogP contribution in [-0.4, -0.2) is 95.0 Å². The Morgan fingerprint density at radius 3 is 2.46 bits per heavy atom. The van der Waals surface area contributed by atoms with Gasteiger partial charge in [0.1, 0.15) is 22.8 Å². The fraction of sp³-hybridized carbons (Fsp3) is 0.414. The van der Waals surface area contributed by atoms with Gasteiger partial charge in [0.15, 0.2) is 0 Å². The van der Waals surface area contributed by atoms with Crippen LogP contribution in [0.2, 0.25) is 0 Å². The minimum atomic E-state index is -4.59. The smallest absolute Gasteiger partial charge is 0.293 e. The van der Waals surface area contributed by atoms with Crippen LogP contribution in [0.5, 0.6) is 11.5 Å². The van der Waals surface area contributed by atoms with Crippen LogP contribution < -0.4 is 19.7 Å². The van der Waals surface area contributed by atoms with Crippen molar-refractivity contribution in [2.24, 2.45) is 11.3 Å². The monoisotopic (exact) mass is 1020 g/mol. The van der Waals surface area contributed by atoms with Crippen molar-refractivity contribution in [2.45, 2.75) is 107 Å². The highest BCUT2D eigenvalue weighted by atomic mass is 32.2. The molecule has 4 N–H and O–H groups in total. The topological polar surface area (TPSA) is 186 Å². The summed E-state index contributed by atoms with van der Waals surface area (Å²) in [5, 5.41) is 26.5. The van der Waals surface area contributed by atoms with Gasteiger partial charge in [0.05, 0.1) is 27.2 Å². The Kier molecular flexibility index (Phi) is 14.3. The van der Waals surface area contributed by atoms with E-state index in [9.17, 15) is 28.4 Å². The second-order valence-electron chi connectivity index (χ2n) is 21.7. The zero-order valence-electron chi connectivity index (χ0n) is 42.4. The van der Waals surface area contributed by atoms with Crippen molar-refractivity contribution in [3.8, 4) is 23.8 Å². The molecule has 0 bridgehead atoms. The van der Waals surface area contributed by atoms with Gasteiger partial charge in [0.25, 0.3) is 21.6 Å². The molecule has 2 saturated carbocycles. The van der Waals surface area contributed by atoms with Gasteiger partial charge in [0.2, 0.25) is 0 Å². The van der Waals surface area contributed by atoms with Crippen LogP contribution >= 0.6 is 0 Å². The van der Waals surface area contributed by atoms with Crippen molar-refractivity contribution in [3.63, 3.8) is 0 Å². The lowest BCUT2D eigenvalue weighted by atomic mass is 9.59. The summed E-state index contributed by atoms with van der Waals surface area (Å²) in [4.78, 5) is 40.5. The fourth-order valence-electron chi connectivity index (χ4n) is 11.9. The van der Waals surface area contributed by atoms with Crippen molar-refractivity contribution < 1.29 is 28.0 Å². The van der Waals surface area contributed by atoms with Crippen molar-refractivity contribution in [1.82, 2.24) is 24.5 Å². The summed E-state index contributed by atoms with van der Waals surface area (Å²) in [6.07, 6.45) is 16.0. The van der Waals surface area contributed by atoms with Gasteiger partial charge in [-0.25, -0.2) is 18.1 Å². The second-order valence-corrected chi connectivity index (χ2v) is 23.4. The summed E-state index contributed by atoms with van der Waals surface area (Å²) in [5.41, 5.74) is 5.73. The fourth-order valence-corrected chi connectivity index (χ4v) is 12.9. The number of nitrogens with one attached hydrogen (secondary N) is 3. The maximum absolute atomic E-state index is 14.1. The maximum Gasteiger partial charge on any atom is 0.293 e. The average molecular weight is 1020 g/mol. The van der Waals surface area contributed by atoms with E-state index < -0.39 is 37.0 Å². The third-order valence-corrected chi connectivity index (χ3v) is 17.6. The standard InChI is InChI=1S/C58H66N8O7S/c1-5-40-10-12-42(13-11-40)37-63-28-29-65(53(38-63)49-9-7-6-8-48(49)39(2)3)45-33-58(34-45)23-26-64(27-24-58)44-14-16-50(54(31-44)73-46-30-43-20-25-59-55(43)61-36-46)56(67)62-74(71,72)47-15-17-51(52(32-47)66(69)70)60-35-41-18-21-57(4,68)22-19-41/h1,6-17,20,25,30-32,36,39,41,45,53,60,68H,18-19,21-24,26-29,33-35,37-38H2,2-4H3,(H,59,61)(H,62,67). The molecule has 0 radical (unpaired) electrons. The number of nitro benzene ring substituents is 1. The van der Waals surface area contributed by atoms with Gasteiger partial charge in [-0.15, -0.1) is 6.42 Å². The number of aromatic amines is 1. The summed E-state index contributed by atoms with van der Waals surface area (Å²) < 4.78 is 36.3. The van der Waals surface area contributed by atoms with E-state index in [0.29, 0.717) is 42.7 Å². The Labute approximate surface area is 433 Å². The maximum atomic E-state index is 14.1. The zero-order chi connectivity index (χ0) is 51.8. The van der Waals surface area contributed by atoms with Gasteiger partial charge < -0.3 is 25.0 Å². The molecule has 2 aromatic heterocycles. The SMILES string of the molecule is C#Cc1ccc(CN2CCN(C3CC4(CCN(c5ccc(C(=O)NS(=O)(=O)c6ccc(NCC7CCC(C)(O)CC7)c([N+](=O)[O-])c6)c(Oc6cnc7[nH]ccc7c6)c5)CC4)C3)C(c3ccccc3C(C)C)C2)cc1. The van der Waals surface area contributed by atoms with Gasteiger partial charge in [-0.3, -0.25) is 24.7 Å². The first-order chi connectivity index (χ1) is 35.5. The van der Waals surface area contributed by atoms with E-state index in [2.05, 4.69) is 90.9 Å². The predicted molar refractivity (Wildman–Crippen MR) is 288 cm³/mol. The molecule has 1 spiro atoms. The number of amides is 1. The van der Waals surface area contributed by atoms with Crippen LogP contribution in [0, 0.1) is 33.8 Å². The Morgan fingerprint density at radius 2 is 1.73 bits per heavy atom. The number of pyridine rings is 1.